The van der Waals surface area contributed by atoms with Crippen LogP contribution in [0.5, 0.6) is 0 Å². The summed E-state index contributed by atoms with van der Waals surface area (Å²) in [4.78, 5) is 2.48. The first-order chi connectivity index (χ1) is 11.9. The van der Waals surface area contributed by atoms with Gasteiger partial charge in [-0.3, -0.25) is 0 Å². The molecule has 0 radical (unpaired) electrons. The van der Waals surface area contributed by atoms with Crippen molar-refractivity contribution >= 4 is 22.1 Å². The summed E-state index contributed by atoms with van der Waals surface area (Å²) in [5.74, 6) is 0.610. The maximum atomic E-state index is 2.48. The van der Waals surface area contributed by atoms with Crippen LogP contribution in [0.15, 0.2) is 72.8 Å². The van der Waals surface area contributed by atoms with E-state index in [1.54, 1.807) is 0 Å². The number of nitrogens with zero attached hydrogens (tertiary/aromatic N) is 1. The third kappa shape index (κ3) is 4.42. The van der Waals surface area contributed by atoms with Gasteiger partial charge in [-0.25, -0.2) is 0 Å². The second kappa shape index (κ2) is 7.31. The Bertz CT molecular complexity index is 809. The number of anilines is 2. The van der Waals surface area contributed by atoms with Gasteiger partial charge >= 0.3 is 0 Å². The van der Waals surface area contributed by atoms with Crippen LogP contribution < -0.4 is 4.90 Å². The number of benzene rings is 3. The SMILES string of the molecule is CC(CN(c1ccccc1)c1cccc2ccccc12)CC(C)(C)C. The summed E-state index contributed by atoms with van der Waals surface area (Å²) in [6.07, 6.45) is 1.21. The smallest absolute Gasteiger partial charge is 0.0490 e. The molecule has 1 atom stereocenters. The van der Waals surface area contributed by atoms with E-state index in [2.05, 4.69) is 105 Å². The lowest BCUT2D eigenvalue weighted by Gasteiger charge is -2.32. The Balaban J connectivity index is 2.02. The summed E-state index contributed by atoms with van der Waals surface area (Å²) in [5.41, 5.74) is 2.91. The Labute approximate surface area is 152 Å². The molecule has 0 fully saturated rings. The molecule has 3 aromatic carbocycles. The van der Waals surface area contributed by atoms with Crippen molar-refractivity contribution in [3.63, 3.8) is 0 Å². The fourth-order valence-electron chi connectivity index (χ4n) is 3.82. The van der Waals surface area contributed by atoms with Gasteiger partial charge in [-0.1, -0.05) is 82.3 Å². The molecule has 1 nitrogen and oxygen atoms in total. The molecule has 0 aliphatic rings. The lowest BCUT2D eigenvalue weighted by molar-refractivity contribution is 0.311. The minimum absolute atomic E-state index is 0.348. The molecule has 0 aliphatic carbocycles. The summed E-state index contributed by atoms with van der Waals surface area (Å²) < 4.78 is 0. The van der Waals surface area contributed by atoms with Crippen molar-refractivity contribution in [2.24, 2.45) is 11.3 Å². The third-order valence-electron chi connectivity index (χ3n) is 4.58. The van der Waals surface area contributed by atoms with E-state index >= 15 is 0 Å². The van der Waals surface area contributed by atoms with Crippen LogP contribution >= 0.6 is 0 Å². The number of fused-ring (bicyclic) bond motifs is 1. The van der Waals surface area contributed by atoms with Gasteiger partial charge < -0.3 is 4.90 Å². The molecule has 130 valence electrons. The summed E-state index contributed by atoms with van der Waals surface area (Å²) in [5, 5.41) is 2.61. The zero-order valence-corrected chi connectivity index (χ0v) is 15.9. The van der Waals surface area contributed by atoms with Gasteiger partial charge in [0.25, 0.3) is 0 Å². The van der Waals surface area contributed by atoms with Crippen LogP contribution in [0.3, 0.4) is 0 Å². The maximum absolute atomic E-state index is 2.48. The summed E-state index contributed by atoms with van der Waals surface area (Å²) in [6.45, 7) is 10.4. The van der Waals surface area contributed by atoms with Crippen LogP contribution in [0.25, 0.3) is 10.8 Å². The molecule has 3 rings (SSSR count). The van der Waals surface area contributed by atoms with Crippen molar-refractivity contribution < 1.29 is 0 Å². The molecule has 0 aromatic heterocycles. The first-order valence-electron chi connectivity index (χ1n) is 9.24. The van der Waals surface area contributed by atoms with Gasteiger partial charge in [0.15, 0.2) is 0 Å². The molecule has 0 saturated heterocycles. The molecule has 0 bridgehead atoms. The molecule has 1 heteroatoms. The molecular weight excluding hydrogens is 302 g/mol. The predicted molar refractivity (Wildman–Crippen MR) is 111 cm³/mol. The second-order valence-electron chi connectivity index (χ2n) is 8.31. The minimum atomic E-state index is 0.348. The first-order valence-corrected chi connectivity index (χ1v) is 9.24. The Hall–Kier alpha value is -2.28. The van der Waals surface area contributed by atoms with Crippen LogP contribution in [0.1, 0.15) is 34.1 Å². The van der Waals surface area contributed by atoms with E-state index in [0.29, 0.717) is 11.3 Å². The van der Waals surface area contributed by atoms with E-state index in [9.17, 15) is 0 Å². The molecular formula is C24H29N. The standard InChI is InChI=1S/C24H29N/c1-19(17-24(2,3)4)18-25(21-13-6-5-7-14-21)23-16-10-12-20-11-8-9-15-22(20)23/h5-16,19H,17-18H2,1-4H3. The van der Waals surface area contributed by atoms with Crippen LogP contribution in [-0.2, 0) is 0 Å². The topological polar surface area (TPSA) is 3.24 Å². The average Bonchev–Trinajstić information content (AvgIpc) is 2.58. The van der Waals surface area contributed by atoms with Crippen LogP contribution in [-0.4, -0.2) is 6.54 Å². The van der Waals surface area contributed by atoms with E-state index in [1.165, 1.54) is 28.6 Å². The highest BCUT2D eigenvalue weighted by molar-refractivity contribution is 5.96. The summed E-state index contributed by atoms with van der Waals surface area (Å²) in [6, 6.07) is 26.1. The van der Waals surface area contributed by atoms with Crippen LogP contribution in [0.4, 0.5) is 11.4 Å². The average molecular weight is 332 g/mol. The highest BCUT2D eigenvalue weighted by Gasteiger charge is 2.20. The highest BCUT2D eigenvalue weighted by atomic mass is 15.1. The van der Waals surface area contributed by atoms with E-state index in [4.69, 9.17) is 0 Å². The molecule has 0 spiro atoms. The quantitative estimate of drug-likeness (QED) is 0.484. The normalized spacial score (nSPS) is 13.0. The molecule has 0 N–H and O–H groups in total. The summed E-state index contributed by atoms with van der Waals surface area (Å²) >= 11 is 0. The molecule has 0 amide bonds. The Morgan fingerprint density at radius 1 is 0.800 bits per heavy atom. The fraction of sp³-hybridized carbons (Fsp3) is 0.333. The number of rotatable bonds is 5. The van der Waals surface area contributed by atoms with Gasteiger partial charge in [0.05, 0.1) is 0 Å². The van der Waals surface area contributed by atoms with E-state index in [0.717, 1.165) is 6.54 Å². The largest absolute Gasteiger partial charge is 0.341 e. The van der Waals surface area contributed by atoms with Crippen LogP contribution in [0, 0.1) is 11.3 Å². The lowest BCUT2D eigenvalue weighted by atomic mass is 9.85. The number of hydrogen-bond donors (Lipinski definition) is 0. The predicted octanol–water partition coefficient (Wildman–Crippen LogP) is 7.05. The molecule has 0 aliphatic heterocycles. The molecule has 1 unspecified atom stereocenters. The van der Waals surface area contributed by atoms with Crippen LogP contribution in [0.2, 0.25) is 0 Å². The van der Waals surface area contributed by atoms with Crippen molar-refractivity contribution in [2.75, 3.05) is 11.4 Å². The van der Waals surface area contributed by atoms with E-state index in [-0.39, 0.29) is 0 Å². The zero-order chi connectivity index (χ0) is 17.9. The fourth-order valence-corrected chi connectivity index (χ4v) is 3.82. The van der Waals surface area contributed by atoms with Gasteiger partial charge in [-0.15, -0.1) is 0 Å². The van der Waals surface area contributed by atoms with Crippen molar-refractivity contribution in [1.29, 1.82) is 0 Å². The van der Waals surface area contributed by atoms with Gasteiger partial charge in [0.2, 0.25) is 0 Å². The Kier molecular flexibility index (Phi) is 5.13. The zero-order valence-electron chi connectivity index (χ0n) is 15.9. The Morgan fingerprint density at radius 2 is 1.44 bits per heavy atom. The van der Waals surface area contributed by atoms with Crippen molar-refractivity contribution in [1.82, 2.24) is 0 Å². The highest BCUT2D eigenvalue weighted by Crippen LogP contribution is 2.34. The minimum Gasteiger partial charge on any atom is -0.341 e. The Morgan fingerprint density at radius 3 is 2.16 bits per heavy atom. The van der Waals surface area contributed by atoms with E-state index < -0.39 is 0 Å². The van der Waals surface area contributed by atoms with Crippen molar-refractivity contribution in [3.05, 3.63) is 72.8 Å². The monoisotopic (exact) mass is 331 g/mol. The molecule has 25 heavy (non-hydrogen) atoms. The van der Waals surface area contributed by atoms with Gasteiger partial charge in [-0.2, -0.15) is 0 Å². The van der Waals surface area contributed by atoms with Crippen molar-refractivity contribution in [2.45, 2.75) is 34.1 Å². The van der Waals surface area contributed by atoms with Gasteiger partial charge in [-0.05, 0) is 41.3 Å². The van der Waals surface area contributed by atoms with Gasteiger partial charge in [0.1, 0.15) is 0 Å². The third-order valence-corrected chi connectivity index (χ3v) is 4.58. The lowest BCUT2D eigenvalue weighted by Crippen LogP contribution is -2.26. The first kappa shape index (κ1) is 17.5. The molecule has 3 aromatic rings. The number of para-hydroxylation sites is 1. The molecule has 0 saturated carbocycles. The summed E-state index contributed by atoms with van der Waals surface area (Å²) in [7, 11) is 0. The second-order valence-corrected chi connectivity index (χ2v) is 8.31. The number of hydrogen-bond acceptors (Lipinski definition) is 1. The van der Waals surface area contributed by atoms with E-state index in [1.807, 2.05) is 0 Å². The van der Waals surface area contributed by atoms with Gasteiger partial charge in [0, 0.05) is 23.3 Å². The molecule has 0 heterocycles. The maximum Gasteiger partial charge on any atom is 0.0490 e. The van der Waals surface area contributed by atoms with Crippen molar-refractivity contribution in [3.8, 4) is 0 Å².